The molecule has 0 bridgehead atoms. The first-order chi connectivity index (χ1) is 11.5. The van der Waals surface area contributed by atoms with Crippen LogP contribution in [0.25, 0.3) is 0 Å². The fourth-order valence-corrected chi connectivity index (χ4v) is 2.62. The number of amides is 2. The van der Waals surface area contributed by atoms with Crippen LogP contribution >= 0.6 is 0 Å². The Labute approximate surface area is 142 Å². The van der Waals surface area contributed by atoms with Gasteiger partial charge in [-0.05, 0) is 18.1 Å². The number of benzene rings is 2. The molecule has 0 aliphatic carbocycles. The zero-order valence-electron chi connectivity index (χ0n) is 13.5. The van der Waals surface area contributed by atoms with Gasteiger partial charge in [-0.25, -0.2) is 0 Å². The highest BCUT2D eigenvalue weighted by molar-refractivity contribution is 5.95. The summed E-state index contributed by atoms with van der Waals surface area (Å²) in [6.07, 6.45) is 5.32. The molecule has 0 spiro atoms. The minimum absolute atomic E-state index is 0.0563. The van der Waals surface area contributed by atoms with Crippen LogP contribution in [-0.4, -0.2) is 17.9 Å². The lowest BCUT2D eigenvalue weighted by Crippen LogP contribution is -2.51. The normalized spacial score (nSPS) is 12.0. The van der Waals surface area contributed by atoms with Gasteiger partial charge in [0.05, 0.1) is 5.41 Å². The Hall–Kier alpha value is -3.06. The lowest BCUT2D eigenvalue weighted by atomic mass is 9.75. The quantitative estimate of drug-likeness (QED) is 0.799. The zero-order chi connectivity index (χ0) is 17.6. The Morgan fingerprint density at radius 3 is 1.92 bits per heavy atom. The molecule has 4 heteroatoms. The van der Waals surface area contributed by atoms with Crippen LogP contribution < -0.4 is 11.1 Å². The van der Waals surface area contributed by atoms with Crippen molar-refractivity contribution >= 4 is 11.8 Å². The van der Waals surface area contributed by atoms with E-state index in [1.165, 1.54) is 0 Å². The highest BCUT2D eigenvalue weighted by atomic mass is 16.2. The molecule has 0 aliphatic heterocycles. The molecule has 0 saturated carbocycles. The molecule has 2 amide bonds. The third-order valence-electron chi connectivity index (χ3n) is 4.13. The number of nitrogens with one attached hydrogen (secondary N) is 1. The van der Waals surface area contributed by atoms with E-state index in [2.05, 4.69) is 11.2 Å². The Kier molecular flexibility index (Phi) is 5.39. The fraction of sp³-hybridized carbons (Fsp3) is 0.200. The molecule has 4 nitrogen and oxygen atoms in total. The summed E-state index contributed by atoms with van der Waals surface area (Å²) in [5, 5.41) is 2.70. The maximum atomic E-state index is 13.1. The van der Waals surface area contributed by atoms with Crippen LogP contribution in [0.4, 0.5) is 0 Å². The summed E-state index contributed by atoms with van der Waals surface area (Å²) >= 11 is 0. The van der Waals surface area contributed by atoms with Gasteiger partial charge in [-0.15, -0.1) is 12.3 Å². The average Bonchev–Trinajstić information content (AvgIpc) is 2.62. The van der Waals surface area contributed by atoms with E-state index < -0.39 is 17.4 Å². The highest BCUT2D eigenvalue weighted by Crippen LogP contribution is 2.32. The van der Waals surface area contributed by atoms with E-state index in [0.29, 0.717) is 0 Å². The van der Waals surface area contributed by atoms with Crippen molar-refractivity contribution in [3.8, 4) is 12.3 Å². The van der Waals surface area contributed by atoms with Gasteiger partial charge >= 0.3 is 0 Å². The van der Waals surface area contributed by atoms with Crippen molar-refractivity contribution in [1.29, 1.82) is 0 Å². The summed E-state index contributed by atoms with van der Waals surface area (Å²) in [6.45, 7) is 1.82. The summed E-state index contributed by atoms with van der Waals surface area (Å²) in [5.41, 5.74) is 6.01. The van der Waals surface area contributed by atoms with Gasteiger partial charge in [0.2, 0.25) is 11.8 Å². The van der Waals surface area contributed by atoms with Crippen molar-refractivity contribution in [2.75, 3.05) is 0 Å². The number of hydrogen-bond acceptors (Lipinski definition) is 2. The standard InChI is InChI=1S/C20H20N2O2/c1-3-10-17(18(21)23)22-19(24)20(2,15-11-6-4-7-12-15)16-13-8-5-9-14-16/h1,4-9,11-14,17H,10H2,2H3,(H2,21,23)(H,22,24)/t17-/m0/s1. The molecule has 122 valence electrons. The van der Waals surface area contributed by atoms with E-state index in [1.807, 2.05) is 67.6 Å². The number of nitrogens with two attached hydrogens (primary N) is 1. The molecule has 2 rings (SSSR count). The monoisotopic (exact) mass is 320 g/mol. The van der Waals surface area contributed by atoms with Crippen LogP contribution in [0.5, 0.6) is 0 Å². The summed E-state index contributed by atoms with van der Waals surface area (Å²) in [5.74, 6) is 1.40. The third kappa shape index (κ3) is 3.47. The lowest BCUT2D eigenvalue weighted by molar-refractivity contribution is -0.129. The Morgan fingerprint density at radius 2 is 1.54 bits per heavy atom. The number of primary amides is 1. The lowest BCUT2D eigenvalue weighted by Gasteiger charge is -2.31. The molecule has 0 saturated heterocycles. The van der Waals surface area contributed by atoms with Gasteiger partial charge in [-0.2, -0.15) is 0 Å². The van der Waals surface area contributed by atoms with Crippen molar-refractivity contribution in [3.63, 3.8) is 0 Å². The van der Waals surface area contributed by atoms with Crippen molar-refractivity contribution in [3.05, 3.63) is 71.8 Å². The van der Waals surface area contributed by atoms with E-state index >= 15 is 0 Å². The van der Waals surface area contributed by atoms with Gasteiger partial charge in [-0.1, -0.05) is 60.7 Å². The van der Waals surface area contributed by atoms with Crippen LogP contribution in [0, 0.1) is 12.3 Å². The van der Waals surface area contributed by atoms with Crippen LogP contribution in [-0.2, 0) is 15.0 Å². The molecule has 0 fully saturated rings. The Balaban J connectivity index is 2.46. The predicted molar refractivity (Wildman–Crippen MR) is 93.9 cm³/mol. The number of terminal acetylenes is 1. The van der Waals surface area contributed by atoms with E-state index in [0.717, 1.165) is 11.1 Å². The second-order valence-electron chi connectivity index (χ2n) is 5.69. The number of carbonyl (C=O) groups is 2. The highest BCUT2D eigenvalue weighted by Gasteiger charge is 2.38. The Morgan fingerprint density at radius 1 is 1.08 bits per heavy atom. The smallest absolute Gasteiger partial charge is 0.240 e. The number of carbonyl (C=O) groups excluding carboxylic acids is 2. The first-order valence-corrected chi connectivity index (χ1v) is 7.65. The van der Waals surface area contributed by atoms with Crippen LogP contribution in [0.1, 0.15) is 24.5 Å². The summed E-state index contributed by atoms with van der Waals surface area (Å²) in [7, 11) is 0. The molecular weight excluding hydrogens is 300 g/mol. The van der Waals surface area contributed by atoms with E-state index in [-0.39, 0.29) is 12.3 Å². The zero-order valence-corrected chi connectivity index (χ0v) is 13.5. The van der Waals surface area contributed by atoms with Gasteiger partial charge in [-0.3, -0.25) is 9.59 Å². The van der Waals surface area contributed by atoms with E-state index in [9.17, 15) is 9.59 Å². The van der Waals surface area contributed by atoms with Crippen molar-refractivity contribution < 1.29 is 9.59 Å². The average molecular weight is 320 g/mol. The minimum Gasteiger partial charge on any atom is -0.368 e. The van der Waals surface area contributed by atoms with Crippen molar-refractivity contribution in [2.24, 2.45) is 5.73 Å². The molecule has 0 unspecified atom stereocenters. The topological polar surface area (TPSA) is 72.2 Å². The van der Waals surface area contributed by atoms with Crippen LogP contribution in [0.15, 0.2) is 60.7 Å². The van der Waals surface area contributed by atoms with Crippen LogP contribution in [0.3, 0.4) is 0 Å². The maximum absolute atomic E-state index is 13.1. The molecule has 3 N–H and O–H groups in total. The summed E-state index contributed by atoms with van der Waals surface area (Å²) in [4.78, 5) is 24.6. The molecule has 2 aromatic rings. The fourth-order valence-electron chi connectivity index (χ4n) is 2.62. The van der Waals surface area contributed by atoms with E-state index in [4.69, 9.17) is 12.2 Å². The minimum atomic E-state index is -0.967. The predicted octanol–water partition coefficient (Wildman–Crippen LogP) is 1.99. The molecule has 0 aliphatic rings. The van der Waals surface area contributed by atoms with E-state index in [1.54, 1.807) is 0 Å². The molecule has 0 heterocycles. The molecular formula is C20H20N2O2. The molecule has 2 aromatic carbocycles. The number of rotatable bonds is 6. The maximum Gasteiger partial charge on any atom is 0.240 e. The molecule has 24 heavy (non-hydrogen) atoms. The summed E-state index contributed by atoms with van der Waals surface area (Å²) in [6, 6.07) is 17.9. The Bertz CT molecular complexity index is 709. The van der Waals surface area contributed by atoms with Gasteiger partial charge in [0.1, 0.15) is 6.04 Å². The second kappa shape index (κ2) is 7.47. The number of hydrogen-bond donors (Lipinski definition) is 2. The van der Waals surface area contributed by atoms with Crippen molar-refractivity contribution in [1.82, 2.24) is 5.32 Å². The third-order valence-corrected chi connectivity index (χ3v) is 4.13. The molecule has 1 atom stereocenters. The summed E-state index contributed by atoms with van der Waals surface area (Å²) < 4.78 is 0. The first-order valence-electron chi connectivity index (χ1n) is 7.65. The SMILES string of the molecule is C#CC[C@H](NC(=O)C(C)(c1ccccc1)c1ccccc1)C(N)=O. The largest absolute Gasteiger partial charge is 0.368 e. The molecule has 0 aromatic heterocycles. The van der Waals surface area contributed by atoms with Gasteiger partial charge in [0.25, 0.3) is 0 Å². The van der Waals surface area contributed by atoms with Crippen LogP contribution in [0.2, 0.25) is 0 Å². The second-order valence-corrected chi connectivity index (χ2v) is 5.69. The first kappa shape index (κ1) is 17.3. The van der Waals surface area contributed by atoms with Gasteiger partial charge in [0, 0.05) is 6.42 Å². The van der Waals surface area contributed by atoms with Gasteiger partial charge < -0.3 is 11.1 Å². The van der Waals surface area contributed by atoms with Gasteiger partial charge in [0.15, 0.2) is 0 Å². The van der Waals surface area contributed by atoms with Crippen molar-refractivity contribution in [2.45, 2.75) is 24.8 Å². The molecule has 0 radical (unpaired) electrons.